The molecule has 2 aromatic rings. The first kappa shape index (κ1) is 19.3. The van der Waals surface area contributed by atoms with Gasteiger partial charge in [-0.25, -0.2) is 9.97 Å². The molecule has 5 heterocycles. The van der Waals surface area contributed by atoms with Gasteiger partial charge >= 0.3 is 0 Å². The topological polar surface area (TPSA) is 74.8 Å². The number of ether oxygens (including phenoxy) is 2. The van der Waals surface area contributed by atoms with Crippen LogP contribution in [0.5, 0.6) is 5.75 Å². The molecule has 1 aromatic carbocycles. The molecule has 3 fully saturated rings. The Morgan fingerprint density at radius 3 is 2.77 bits per heavy atom. The quantitative estimate of drug-likeness (QED) is 0.778. The molecule has 4 aliphatic rings. The maximum absolute atomic E-state index is 6.32. The molecule has 0 bridgehead atoms. The smallest absolute Gasteiger partial charge is 0.146 e. The number of nitrogens with one attached hydrogen (secondary N) is 2. The largest absolute Gasteiger partial charge is 0.486 e. The first-order chi connectivity index (χ1) is 15.3. The van der Waals surface area contributed by atoms with E-state index in [0.29, 0.717) is 12.5 Å². The van der Waals surface area contributed by atoms with Gasteiger partial charge in [0, 0.05) is 38.8 Å². The number of aromatic nitrogens is 2. The Morgan fingerprint density at radius 2 is 1.97 bits per heavy atom. The lowest BCUT2D eigenvalue weighted by Crippen LogP contribution is -2.56. The standard InChI is InChI=1S/C23H30N6O2/c1-15-8-17(16-2-3-29(12-16)18-10-24-11-18)9-20-21(15)31-13-19-22(27-20)25-14-26-23(19)28-4-6-30-7-5-28/h8-9,14,16,18,24H,2-7,10-13H2,1H3,(H,25,26,27)/t16-/m1/s1. The molecule has 164 valence electrons. The van der Waals surface area contributed by atoms with E-state index < -0.39 is 0 Å². The summed E-state index contributed by atoms with van der Waals surface area (Å²) in [6.45, 7) is 10.4. The Bertz CT molecular complexity index is 973. The highest BCUT2D eigenvalue weighted by molar-refractivity contribution is 5.73. The van der Waals surface area contributed by atoms with Gasteiger partial charge in [-0.1, -0.05) is 6.07 Å². The van der Waals surface area contributed by atoms with Gasteiger partial charge in [0.2, 0.25) is 0 Å². The van der Waals surface area contributed by atoms with Gasteiger partial charge in [-0.2, -0.15) is 0 Å². The number of fused-ring (bicyclic) bond motifs is 2. The fraction of sp³-hybridized carbons (Fsp3) is 0.565. The second-order valence-electron chi connectivity index (χ2n) is 9.04. The van der Waals surface area contributed by atoms with Gasteiger partial charge in [0.25, 0.3) is 0 Å². The zero-order valence-corrected chi connectivity index (χ0v) is 18.1. The van der Waals surface area contributed by atoms with Crippen LogP contribution < -0.4 is 20.3 Å². The molecule has 0 radical (unpaired) electrons. The lowest BCUT2D eigenvalue weighted by Gasteiger charge is -2.35. The van der Waals surface area contributed by atoms with Crippen LogP contribution in [0.25, 0.3) is 0 Å². The van der Waals surface area contributed by atoms with Gasteiger partial charge in [-0.05, 0) is 43.0 Å². The van der Waals surface area contributed by atoms with Gasteiger partial charge in [-0.15, -0.1) is 0 Å². The summed E-state index contributed by atoms with van der Waals surface area (Å²) in [5.74, 6) is 3.29. The van der Waals surface area contributed by atoms with Crippen LogP contribution in [0.2, 0.25) is 0 Å². The number of morpholine rings is 1. The highest BCUT2D eigenvalue weighted by Gasteiger charge is 2.33. The predicted octanol–water partition coefficient (Wildman–Crippen LogP) is 2.02. The van der Waals surface area contributed by atoms with E-state index in [1.54, 1.807) is 6.33 Å². The Balaban J connectivity index is 1.28. The third-order valence-corrected chi connectivity index (χ3v) is 7.11. The van der Waals surface area contributed by atoms with E-state index in [1.807, 2.05) is 0 Å². The number of rotatable bonds is 3. The van der Waals surface area contributed by atoms with Crippen LogP contribution in [-0.2, 0) is 11.3 Å². The maximum Gasteiger partial charge on any atom is 0.146 e. The van der Waals surface area contributed by atoms with Crippen molar-refractivity contribution in [2.75, 3.05) is 62.7 Å². The molecular weight excluding hydrogens is 392 g/mol. The lowest BCUT2D eigenvalue weighted by molar-refractivity contribution is 0.122. The van der Waals surface area contributed by atoms with Gasteiger partial charge < -0.3 is 25.0 Å². The van der Waals surface area contributed by atoms with Crippen molar-refractivity contribution in [1.29, 1.82) is 0 Å². The molecule has 8 nitrogen and oxygen atoms in total. The van der Waals surface area contributed by atoms with E-state index in [1.165, 1.54) is 24.1 Å². The summed E-state index contributed by atoms with van der Waals surface area (Å²) in [4.78, 5) is 14.1. The third kappa shape index (κ3) is 3.52. The second kappa shape index (κ2) is 7.93. The SMILES string of the molecule is Cc1cc([C@@H]2CCN(C3CNC3)C2)cc2c1OCc1c(ncnc1N1CCOCC1)N2. The van der Waals surface area contributed by atoms with Crippen LogP contribution in [-0.4, -0.2) is 73.4 Å². The molecule has 0 saturated carbocycles. The van der Waals surface area contributed by atoms with Crippen LogP contribution in [0.15, 0.2) is 18.5 Å². The minimum Gasteiger partial charge on any atom is -0.486 e. The number of hydrogen-bond donors (Lipinski definition) is 2. The normalized spacial score (nSPS) is 23.9. The van der Waals surface area contributed by atoms with Crippen LogP contribution in [0.3, 0.4) is 0 Å². The number of aryl methyl sites for hydroxylation is 1. The fourth-order valence-electron chi connectivity index (χ4n) is 5.21. The second-order valence-corrected chi connectivity index (χ2v) is 9.04. The highest BCUT2D eigenvalue weighted by Crippen LogP contribution is 2.41. The molecule has 31 heavy (non-hydrogen) atoms. The van der Waals surface area contributed by atoms with E-state index in [2.05, 4.69) is 49.5 Å². The monoisotopic (exact) mass is 422 g/mol. The molecule has 8 heteroatoms. The molecule has 6 rings (SSSR count). The summed E-state index contributed by atoms with van der Waals surface area (Å²) >= 11 is 0. The Labute approximate surface area is 182 Å². The number of anilines is 3. The van der Waals surface area contributed by atoms with Gasteiger partial charge in [0.15, 0.2) is 0 Å². The Hall–Kier alpha value is -2.42. The Morgan fingerprint density at radius 1 is 1.10 bits per heavy atom. The molecule has 0 amide bonds. The predicted molar refractivity (Wildman–Crippen MR) is 119 cm³/mol. The number of likely N-dealkylation sites (tertiary alicyclic amines) is 1. The number of benzene rings is 1. The third-order valence-electron chi connectivity index (χ3n) is 7.11. The summed E-state index contributed by atoms with van der Waals surface area (Å²) in [5.41, 5.74) is 4.61. The molecule has 0 spiro atoms. The number of nitrogens with zero attached hydrogens (tertiary/aromatic N) is 4. The van der Waals surface area contributed by atoms with E-state index in [9.17, 15) is 0 Å². The first-order valence-electron chi connectivity index (χ1n) is 11.4. The summed E-state index contributed by atoms with van der Waals surface area (Å²) < 4.78 is 11.8. The molecule has 0 unspecified atom stereocenters. The average Bonchev–Trinajstić information content (AvgIpc) is 3.13. The van der Waals surface area contributed by atoms with Gasteiger partial charge in [0.05, 0.1) is 24.5 Å². The summed E-state index contributed by atoms with van der Waals surface area (Å²) in [6, 6.07) is 5.31. The van der Waals surface area contributed by atoms with Crippen LogP contribution in [0.4, 0.5) is 17.3 Å². The van der Waals surface area contributed by atoms with Crippen molar-refractivity contribution < 1.29 is 9.47 Å². The highest BCUT2D eigenvalue weighted by atomic mass is 16.5. The molecule has 1 atom stereocenters. The zero-order valence-electron chi connectivity index (χ0n) is 18.1. The summed E-state index contributed by atoms with van der Waals surface area (Å²) in [7, 11) is 0. The van der Waals surface area contributed by atoms with Crippen molar-refractivity contribution in [3.05, 3.63) is 35.2 Å². The first-order valence-corrected chi connectivity index (χ1v) is 11.4. The van der Waals surface area contributed by atoms with Crippen molar-refractivity contribution in [2.45, 2.75) is 31.9 Å². The van der Waals surface area contributed by atoms with Crippen LogP contribution >= 0.6 is 0 Å². The summed E-state index contributed by atoms with van der Waals surface area (Å²) in [6.07, 6.45) is 2.87. The lowest BCUT2D eigenvalue weighted by atomic mass is 9.95. The molecule has 3 saturated heterocycles. The van der Waals surface area contributed by atoms with Crippen molar-refractivity contribution in [3.63, 3.8) is 0 Å². The number of hydrogen-bond acceptors (Lipinski definition) is 8. The van der Waals surface area contributed by atoms with Crippen molar-refractivity contribution in [1.82, 2.24) is 20.2 Å². The van der Waals surface area contributed by atoms with E-state index in [4.69, 9.17) is 9.47 Å². The van der Waals surface area contributed by atoms with Gasteiger partial charge in [-0.3, -0.25) is 4.90 Å². The van der Waals surface area contributed by atoms with Crippen LogP contribution in [0, 0.1) is 6.92 Å². The van der Waals surface area contributed by atoms with Gasteiger partial charge in [0.1, 0.15) is 30.3 Å². The summed E-state index contributed by atoms with van der Waals surface area (Å²) in [5, 5.41) is 6.98. The maximum atomic E-state index is 6.32. The Kier molecular flexibility index (Phi) is 4.93. The fourth-order valence-corrected chi connectivity index (χ4v) is 5.21. The molecule has 1 aromatic heterocycles. The van der Waals surface area contributed by atoms with Crippen LogP contribution in [0.1, 0.15) is 29.0 Å². The molecular formula is C23H30N6O2. The minimum atomic E-state index is 0.467. The molecule has 2 N–H and O–H groups in total. The van der Waals surface area contributed by atoms with E-state index >= 15 is 0 Å². The van der Waals surface area contributed by atoms with Crippen molar-refractivity contribution >= 4 is 17.3 Å². The van der Waals surface area contributed by atoms with E-state index in [0.717, 1.165) is 80.6 Å². The zero-order chi connectivity index (χ0) is 20.8. The minimum absolute atomic E-state index is 0.467. The van der Waals surface area contributed by atoms with E-state index in [-0.39, 0.29) is 0 Å². The average molecular weight is 423 g/mol. The molecule has 4 aliphatic heterocycles. The van der Waals surface area contributed by atoms with Crippen molar-refractivity contribution in [2.24, 2.45) is 0 Å². The van der Waals surface area contributed by atoms with Crippen molar-refractivity contribution in [3.8, 4) is 5.75 Å². The molecule has 0 aliphatic carbocycles.